The van der Waals surface area contributed by atoms with Crippen LogP contribution in [0.2, 0.25) is 10.0 Å². The lowest BCUT2D eigenvalue weighted by atomic mass is 9.92. The maximum absolute atomic E-state index is 6.58. The van der Waals surface area contributed by atoms with Crippen LogP contribution in [0.15, 0.2) is 30.3 Å². The first-order valence-corrected chi connectivity index (χ1v) is 15.2. The Morgan fingerprint density at radius 1 is 0.838 bits per heavy atom. The van der Waals surface area contributed by atoms with Crippen molar-refractivity contribution in [2.24, 2.45) is 0 Å². The van der Waals surface area contributed by atoms with Crippen LogP contribution in [0.25, 0.3) is 0 Å². The Kier molecular flexibility index (Phi) is 13.1. The SMILES string of the molecule is CCCCCCCCOc1c(OC)ccc2c1CC[N+](Cc1ccc(Cl)cc1Cl)=C2CCCCCCC. The molecule has 0 unspecified atom stereocenters. The maximum atomic E-state index is 6.58. The monoisotopic (exact) mass is 546 g/mol. The van der Waals surface area contributed by atoms with Gasteiger partial charge < -0.3 is 9.47 Å². The van der Waals surface area contributed by atoms with Crippen LogP contribution >= 0.6 is 23.2 Å². The Morgan fingerprint density at radius 3 is 2.24 bits per heavy atom. The van der Waals surface area contributed by atoms with E-state index in [1.54, 1.807) is 7.11 Å². The van der Waals surface area contributed by atoms with E-state index in [9.17, 15) is 0 Å². The van der Waals surface area contributed by atoms with Crippen molar-refractivity contribution in [1.82, 2.24) is 0 Å². The highest BCUT2D eigenvalue weighted by molar-refractivity contribution is 6.35. The fourth-order valence-corrected chi connectivity index (χ4v) is 5.74. The van der Waals surface area contributed by atoms with Crippen molar-refractivity contribution in [1.29, 1.82) is 0 Å². The van der Waals surface area contributed by atoms with E-state index in [0.717, 1.165) is 61.0 Å². The Hall–Kier alpha value is -1.71. The third kappa shape index (κ3) is 8.93. The van der Waals surface area contributed by atoms with Crippen molar-refractivity contribution in [3.05, 3.63) is 57.1 Å². The van der Waals surface area contributed by atoms with Crippen LogP contribution in [0, 0.1) is 0 Å². The fraction of sp³-hybridized carbons (Fsp3) is 0.594. The van der Waals surface area contributed by atoms with Gasteiger partial charge in [0.05, 0.1) is 18.7 Å². The van der Waals surface area contributed by atoms with Gasteiger partial charge >= 0.3 is 0 Å². The molecule has 0 aliphatic carbocycles. The number of methoxy groups -OCH3 is 1. The number of rotatable bonds is 17. The minimum atomic E-state index is 0.678. The number of ether oxygens (including phenoxy) is 2. The minimum absolute atomic E-state index is 0.678. The van der Waals surface area contributed by atoms with Gasteiger partial charge in [0.25, 0.3) is 0 Å². The Balaban J connectivity index is 1.84. The molecule has 0 saturated carbocycles. The van der Waals surface area contributed by atoms with Gasteiger partial charge in [-0.15, -0.1) is 0 Å². The molecule has 0 aromatic heterocycles. The Labute approximate surface area is 235 Å². The molecule has 0 saturated heterocycles. The highest BCUT2D eigenvalue weighted by Crippen LogP contribution is 2.37. The van der Waals surface area contributed by atoms with Crippen LogP contribution in [-0.2, 0) is 13.0 Å². The second-order valence-corrected chi connectivity index (χ2v) is 11.1. The van der Waals surface area contributed by atoms with Gasteiger partial charge in [0.1, 0.15) is 6.54 Å². The molecule has 0 N–H and O–H groups in total. The summed E-state index contributed by atoms with van der Waals surface area (Å²) in [6, 6.07) is 10.2. The van der Waals surface area contributed by atoms with Gasteiger partial charge in [-0.1, -0.05) is 94.8 Å². The van der Waals surface area contributed by atoms with Crippen LogP contribution in [0.1, 0.15) is 108 Å². The van der Waals surface area contributed by atoms with Crippen LogP contribution in [-0.4, -0.2) is 30.5 Å². The summed E-state index contributed by atoms with van der Waals surface area (Å²) in [5, 5.41) is 1.41. The van der Waals surface area contributed by atoms with E-state index in [4.69, 9.17) is 32.7 Å². The first-order valence-electron chi connectivity index (χ1n) is 14.5. The molecule has 204 valence electrons. The van der Waals surface area contributed by atoms with Gasteiger partial charge in [0.15, 0.2) is 23.8 Å². The maximum Gasteiger partial charge on any atom is 0.184 e. The van der Waals surface area contributed by atoms with Crippen molar-refractivity contribution < 1.29 is 14.0 Å². The summed E-state index contributed by atoms with van der Waals surface area (Å²) in [6.07, 6.45) is 15.9. The normalized spacial score (nSPS) is 13.1. The fourth-order valence-electron chi connectivity index (χ4n) is 5.27. The third-order valence-corrected chi connectivity index (χ3v) is 7.99. The van der Waals surface area contributed by atoms with Gasteiger partial charge in [0, 0.05) is 34.6 Å². The zero-order chi connectivity index (χ0) is 26.5. The summed E-state index contributed by atoms with van der Waals surface area (Å²) in [7, 11) is 1.75. The second-order valence-electron chi connectivity index (χ2n) is 10.3. The molecule has 0 spiro atoms. The van der Waals surface area contributed by atoms with Gasteiger partial charge in [-0.2, -0.15) is 0 Å². The predicted molar refractivity (Wildman–Crippen MR) is 158 cm³/mol. The molecule has 1 heterocycles. The molecule has 1 aliphatic rings. The lowest BCUT2D eigenvalue weighted by Crippen LogP contribution is -2.30. The van der Waals surface area contributed by atoms with E-state index >= 15 is 0 Å². The zero-order valence-corrected chi connectivity index (χ0v) is 24.7. The van der Waals surface area contributed by atoms with Crippen LogP contribution in [0.4, 0.5) is 0 Å². The predicted octanol–water partition coefficient (Wildman–Crippen LogP) is 9.66. The number of halogens is 2. The number of fused-ring (bicyclic) bond motifs is 1. The molecule has 0 atom stereocenters. The Bertz CT molecular complexity index is 1020. The van der Waals surface area contributed by atoms with E-state index in [1.165, 1.54) is 81.0 Å². The quantitative estimate of drug-likeness (QED) is 0.145. The smallest absolute Gasteiger partial charge is 0.184 e. The van der Waals surface area contributed by atoms with Gasteiger partial charge in [-0.25, -0.2) is 4.58 Å². The van der Waals surface area contributed by atoms with Gasteiger partial charge in [-0.3, -0.25) is 0 Å². The molecule has 0 radical (unpaired) electrons. The highest BCUT2D eigenvalue weighted by Gasteiger charge is 2.30. The van der Waals surface area contributed by atoms with Crippen molar-refractivity contribution in [3.8, 4) is 11.5 Å². The van der Waals surface area contributed by atoms with Crippen molar-refractivity contribution in [2.45, 2.75) is 104 Å². The number of unbranched alkanes of at least 4 members (excludes halogenated alkanes) is 9. The molecule has 37 heavy (non-hydrogen) atoms. The second kappa shape index (κ2) is 16.3. The number of hydrogen-bond acceptors (Lipinski definition) is 2. The molecule has 2 aromatic carbocycles. The molecule has 5 heteroatoms. The standard InChI is InChI=1S/C32H46Cl2NO2/c1-4-6-8-10-12-14-22-37-32-28-20-21-35(24-25-16-17-26(33)23-29(25)34)30(15-13-11-9-7-5-2)27(28)18-19-31(32)36-3/h16-19,23H,4-15,20-22,24H2,1-3H3/q+1. The molecular formula is C32H46Cl2NO2+. The minimum Gasteiger partial charge on any atom is -0.493 e. The molecule has 3 rings (SSSR count). The molecule has 0 amide bonds. The summed E-state index contributed by atoms with van der Waals surface area (Å²) in [6.45, 7) is 7.01. The summed E-state index contributed by atoms with van der Waals surface area (Å²) in [4.78, 5) is 0. The lowest BCUT2D eigenvalue weighted by molar-refractivity contribution is -0.545. The Morgan fingerprint density at radius 2 is 1.54 bits per heavy atom. The largest absolute Gasteiger partial charge is 0.493 e. The van der Waals surface area contributed by atoms with Gasteiger partial charge in [-0.05, 0) is 43.2 Å². The molecular weight excluding hydrogens is 501 g/mol. The van der Waals surface area contributed by atoms with Crippen LogP contribution < -0.4 is 9.47 Å². The highest BCUT2D eigenvalue weighted by atomic mass is 35.5. The van der Waals surface area contributed by atoms with Crippen molar-refractivity contribution in [2.75, 3.05) is 20.3 Å². The summed E-state index contributed by atoms with van der Waals surface area (Å²) < 4.78 is 14.7. The topological polar surface area (TPSA) is 21.5 Å². The average molecular weight is 548 g/mol. The lowest BCUT2D eigenvalue weighted by Gasteiger charge is -2.23. The van der Waals surface area contributed by atoms with E-state index in [1.807, 2.05) is 12.1 Å². The summed E-state index contributed by atoms with van der Waals surface area (Å²) in [5.41, 5.74) is 5.12. The molecule has 0 bridgehead atoms. The van der Waals surface area contributed by atoms with Crippen molar-refractivity contribution >= 4 is 28.9 Å². The average Bonchev–Trinajstić information content (AvgIpc) is 2.90. The summed E-state index contributed by atoms with van der Waals surface area (Å²) in [5.74, 6) is 1.79. The molecule has 1 aliphatic heterocycles. The number of benzene rings is 2. The van der Waals surface area contributed by atoms with E-state index < -0.39 is 0 Å². The van der Waals surface area contributed by atoms with E-state index in [0.29, 0.717) is 5.02 Å². The third-order valence-electron chi connectivity index (χ3n) is 7.41. The molecule has 3 nitrogen and oxygen atoms in total. The van der Waals surface area contributed by atoms with E-state index in [2.05, 4.69) is 36.6 Å². The van der Waals surface area contributed by atoms with Crippen LogP contribution in [0.5, 0.6) is 11.5 Å². The van der Waals surface area contributed by atoms with Crippen molar-refractivity contribution in [3.63, 3.8) is 0 Å². The zero-order valence-electron chi connectivity index (χ0n) is 23.2. The number of hydrogen-bond donors (Lipinski definition) is 0. The summed E-state index contributed by atoms with van der Waals surface area (Å²) >= 11 is 12.7. The van der Waals surface area contributed by atoms with E-state index in [-0.39, 0.29) is 0 Å². The molecule has 2 aromatic rings. The molecule has 0 fully saturated rings. The first-order chi connectivity index (χ1) is 18.1. The van der Waals surface area contributed by atoms with Gasteiger partial charge in [0.2, 0.25) is 0 Å². The first kappa shape index (κ1) is 29.8. The number of nitrogens with zero attached hydrogens (tertiary/aromatic N) is 1. The van der Waals surface area contributed by atoms with Crippen LogP contribution in [0.3, 0.4) is 0 Å².